The van der Waals surface area contributed by atoms with Gasteiger partial charge in [0.15, 0.2) is 5.69 Å². The van der Waals surface area contributed by atoms with Gasteiger partial charge in [0, 0.05) is 30.6 Å². The molecule has 3 aromatic heterocycles. The number of nitrogens with one attached hydrogen (secondary N) is 3. The van der Waals surface area contributed by atoms with Gasteiger partial charge in [0.05, 0.1) is 12.7 Å². The van der Waals surface area contributed by atoms with Crippen LogP contribution >= 0.6 is 0 Å². The minimum atomic E-state index is -1.26. The van der Waals surface area contributed by atoms with Crippen molar-refractivity contribution in [2.75, 3.05) is 11.9 Å². The number of pyridine rings is 1. The summed E-state index contributed by atoms with van der Waals surface area (Å²) < 4.78 is 2.47. The second-order valence-electron chi connectivity index (χ2n) is 7.09. The molecule has 3 heterocycles. The van der Waals surface area contributed by atoms with Gasteiger partial charge in [-0.25, -0.2) is 9.48 Å². The third-order valence-corrected chi connectivity index (χ3v) is 4.72. The van der Waals surface area contributed by atoms with Crippen molar-refractivity contribution in [1.82, 2.24) is 35.1 Å². The number of carbonyl (C=O) groups excluding carboxylic acids is 2. The highest BCUT2D eigenvalue weighted by atomic mass is 16.4. The van der Waals surface area contributed by atoms with Gasteiger partial charge in [-0.3, -0.25) is 19.1 Å². The molecule has 0 fully saturated rings. The molecule has 1 aromatic carbocycles. The maximum Gasteiger partial charge on any atom is 0.356 e. The first-order valence-electron chi connectivity index (χ1n) is 9.88. The molecular formula is C21H18N8O5. The Bertz CT molecular complexity index is 1450. The predicted molar refractivity (Wildman–Crippen MR) is 119 cm³/mol. The largest absolute Gasteiger partial charge is 0.476 e. The molecular weight excluding hydrogens is 444 g/mol. The van der Waals surface area contributed by atoms with Crippen molar-refractivity contribution in [3.63, 3.8) is 0 Å². The van der Waals surface area contributed by atoms with Crippen LogP contribution in [0.25, 0.3) is 16.9 Å². The minimum Gasteiger partial charge on any atom is -0.476 e. The summed E-state index contributed by atoms with van der Waals surface area (Å²) in [4.78, 5) is 50.0. The Hall–Kier alpha value is -5.07. The minimum absolute atomic E-state index is 0.00698. The van der Waals surface area contributed by atoms with Crippen LogP contribution in [0.1, 0.15) is 21.0 Å². The molecule has 0 aliphatic heterocycles. The normalized spacial score (nSPS) is 10.6. The fourth-order valence-electron chi connectivity index (χ4n) is 3.10. The van der Waals surface area contributed by atoms with E-state index in [2.05, 4.69) is 31.0 Å². The monoisotopic (exact) mass is 462 g/mol. The second-order valence-corrected chi connectivity index (χ2v) is 7.09. The lowest BCUT2D eigenvalue weighted by atomic mass is 10.1. The molecule has 172 valence electrons. The zero-order chi connectivity index (χ0) is 24.2. The van der Waals surface area contributed by atoms with Crippen LogP contribution in [0.15, 0.2) is 59.7 Å². The van der Waals surface area contributed by atoms with E-state index in [0.717, 1.165) is 10.7 Å². The lowest BCUT2D eigenvalue weighted by Crippen LogP contribution is -2.33. The van der Waals surface area contributed by atoms with E-state index >= 15 is 0 Å². The molecule has 0 unspecified atom stereocenters. The second kappa shape index (κ2) is 9.20. The number of aromatic nitrogens is 6. The fourth-order valence-corrected chi connectivity index (χ4v) is 3.10. The van der Waals surface area contributed by atoms with Gasteiger partial charge in [-0.15, -0.1) is 5.10 Å². The number of anilines is 1. The third kappa shape index (κ3) is 4.72. The highest BCUT2D eigenvalue weighted by molar-refractivity contribution is 5.99. The lowest BCUT2D eigenvalue weighted by Gasteiger charge is -2.08. The molecule has 13 heteroatoms. The van der Waals surface area contributed by atoms with E-state index in [4.69, 9.17) is 5.11 Å². The number of carboxylic acids is 1. The highest BCUT2D eigenvalue weighted by Crippen LogP contribution is 2.21. The molecule has 4 rings (SSSR count). The number of rotatable bonds is 7. The van der Waals surface area contributed by atoms with E-state index in [-0.39, 0.29) is 23.5 Å². The molecule has 4 N–H and O–H groups in total. The van der Waals surface area contributed by atoms with Crippen LogP contribution in [-0.4, -0.2) is 59.2 Å². The number of carbonyl (C=O) groups is 3. The van der Waals surface area contributed by atoms with E-state index in [1.807, 2.05) is 0 Å². The summed E-state index contributed by atoms with van der Waals surface area (Å²) in [6.45, 7) is -0.344. The Kier molecular flexibility index (Phi) is 5.99. The number of aryl methyl sites for hydroxylation is 1. The zero-order valence-electron chi connectivity index (χ0n) is 17.7. The van der Waals surface area contributed by atoms with Crippen molar-refractivity contribution in [1.29, 1.82) is 0 Å². The summed E-state index contributed by atoms with van der Waals surface area (Å²) in [5, 5.41) is 25.8. The summed E-state index contributed by atoms with van der Waals surface area (Å²) in [7, 11) is 1.43. The van der Waals surface area contributed by atoms with Crippen molar-refractivity contribution in [3.05, 3.63) is 76.6 Å². The molecule has 2 amide bonds. The first-order valence-corrected chi connectivity index (χ1v) is 9.88. The zero-order valence-corrected chi connectivity index (χ0v) is 17.7. The van der Waals surface area contributed by atoms with Crippen LogP contribution in [0.2, 0.25) is 0 Å². The maximum absolute atomic E-state index is 12.3. The molecule has 0 bridgehead atoms. The summed E-state index contributed by atoms with van der Waals surface area (Å²) >= 11 is 0. The van der Waals surface area contributed by atoms with Gasteiger partial charge in [-0.2, -0.15) is 5.10 Å². The smallest absolute Gasteiger partial charge is 0.356 e. The first kappa shape index (κ1) is 22.1. The Labute approximate surface area is 191 Å². The lowest BCUT2D eigenvalue weighted by molar-refractivity contribution is -0.115. The predicted octanol–water partition coefficient (Wildman–Crippen LogP) is 0.423. The van der Waals surface area contributed by atoms with E-state index < -0.39 is 17.8 Å². The number of aromatic amines is 1. The van der Waals surface area contributed by atoms with Crippen molar-refractivity contribution >= 4 is 23.5 Å². The number of H-pyrrole nitrogens is 1. The molecule has 0 spiro atoms. The van der Waals surface area contributed by atoms with Gasteiger partial charge in [0.1, 0.15) is 17.1 Å². The molecule has 0 aliphatic carbocycles. The van der Waals surface area contributed by atoms with Gasteiger partial charge in [0.25, 0.3) is 11.5 Å². The topological polar surface area (TPSA) is 177 Å². The number of nitrogens with zero attached hydrogens (tertiary/aromatic N) is 5. The van der Waals surface area contributed by atoms with E-state index in [0.29, 0.717) is 22.6 Å². The quantitative estimate of drug-likeness (QED) is 0.305. The highest BCUT2D eigenvalue weighted by Gasteiger charge is 2.17. The van der Waals surface area contributed by atoms with E-state index in [1.165, 1.54) is 17.9 Å². The average molecular weight is 462 g/mol. The Morgan fingerprint density at radius 2 is 1.97 bits per heavy atom. The maximum atomic E-state index is 12.3. The Morgan fingerprint density at radius 1 is 1.15 bits per heavy atom. The molecule has 13 nitrogen and oxygen atoms in total. The van der Waals surface area contributed by atoms with Crippen molar-refractivity contribution in [3.8, 4) is 16.9 Å². The summed E-state index contributed by atoms with van der Waals surface area (Å²) in [6.07, 6.45) is 3.10. The van der Waals surface area contributed by atoms with E-state index in [9.17, 15) is 19.2 Å². The summed E-state index contributed by atoms with van der Waals surface area (Å²) in [6, 6.07) is 11.2. The van der Waals surface area contributed by atoms with Crippen molar-refractivity contribution in [2.24, 2.45) is 7.05 Å². The molecule has 4 aromatic rings. The molecule has 0 saturated carbocycles. The molecule has 0 atom stereocenters. The standard InChI is InChI=1S/C21H18N8O5/c1-28-17(9-14(26-28)21(33)34)20(32)23-10-18(30)24-13-5-2-4-12(8-13)15-11-29(27-25-15)16-6-3-7-22-19(16)31/h2-9,11H,10H2,1H3,(H,22,31)(H,23,32)(H,24,30)(H,33,34). The van der Waals surface area contributed by atoms with Gasteiger partial charge >= 0.3 is 5.97 Å². The van der Waals surface area contributed by atoms with Crippen LogP contribution in [-0.2, 0) is 11.8 Å². The van der Waals surface area contributed by atoms with Crippen LogP contribution < -0.4 is 16.2 Å². The third-order valence-electron chi connectivity index (χ3n) is 4.72. The number of hydrogen-bond acceptors (Lipinski definition) is 7. The van der Waals surface area contributed by atoms with Crippen molar-refractivity contribution in [2.45, 2.75) is 0 Å². The summed E-state index contributed by atoms with van der Waals surface area (Å²) in [5.74, 6) is -2.40. The van der Waals surface area contributed by atoms with Gasteiger partial charge in [-0.1, -0.05) is 17.3 Å². The van der Waals surface area contributed by atoms with Gasteiger partial charge < -0.3 is 20.7 Å². The number of benzene rings is 1. The number of carboxylic acid groups (broad SMARTS) is 1. The fraction of sp³-hybridized carbons (Fsp3) is 0.0952. The Balaban J connectivity index is 1.40. The SMILES string of the molecule is Cn1nc(C(=O)O)cc1C(=O)NCC(=O)Nc1cccc(-c2cn(-c3ccc[nH]c3=O)nn2)c1. The van der Waals surface area contributed by atoms with E-state index in [1.54, 1.807) is 42.6 Å². The molecule has 0 saturated heterocycles. The van der Waals surface area contributed by atoms with Crippen LogP contribution in [0.4, 0.5) is 5.69 Å². The molecule has 0 aliphatic rings. The van der Waals surface area contributed by atoms with Gasteiger partial charge in [0.2, 0.25) is 5.91 Å². The molecule has 0 radical (unpaired) electrons. The number of amides is 2. The first-order chi connectivity index (χ1) is 16.3. The molecule has 34 heavy (non-hydrogen) atoms. The van der Waals surface area contributed by atoms with Crippen molar-refractivity contribution < 1.29 is 19.5 Å². The van der Waals surface area contributed by atoms with Crippen LogP contribution in [0, 0.1) is 0 Å². The Morgan fingerprint density at radius 3 is 2.71 bits per heavy atom. The number of aromatic carboxylic acids is 1. The van der Waals surface area contributed by atoms with Gasteiger partial charge in [-0.05, 0) is 24.3 Å². The van der Waals surface area contributed by atoms with Crippen LogP contribution in [0.3, 0.4) is 0 Å². The summed E-state index contributed by atoms with van der Waals surface area (Å²) in [5.41, 5.74) is 1.32. The average Bonchev–Trinajstić information content (AvgIpc) is 3.45. The van der Waals surface area contributed by atoms with Crippen LogP contribution in [0.5, 0.6) is 0 Å². The number of hydrogen-bond donors (Lipinski definition) is 4.